The number of hydrogen-bond acceptors (Lipinski definition) is 6. The Hall–Kier alpha value is -1.13. The van der Waals surface area contributed by atoms with Gasteiger partial charge in [-0.15, -0.1) is 0 Å². The fraction of sp³-hybridized carbons (Fsp3) is 0.700. The molecular formula is C10H19N5O3S2. The summed E-state index contributed by atoms with van der Waals surface area (Å²) >= 11 is 1.55. The van der Waals surface area contributed by atoms with E-state index in [2.05, 4.69) is 25.2 Å². The third kappa shape index (κ3) is 5.88. The highest BCUT2D eigenvalue weighted by Gasteiger charge is 2.23. The number of aromatic amines is 1. The number of sulfonamides is 1. The molecular weight excluding hydrogens is 302 g/mol. The first-order chi connectivity index (χ1) is 9.48. The maximum atomic E-state index is 12.0. The van der Waals surface area contributed by atoms with Crippen molar-refractivity contribution in [2.75, 3.05) is 17.8 Å². The third-order valence-corrected chi connectivity index (χ3v) is 4.57. The second-order valence-electron chi connectivity index (χ2n) is 4.01. The lowest BCUT2D eigenvalue weighted by Crippen LogP contribution is -2.47. The first-order valence-corrected chi connectivity index (χ1v) is 9.14. The molecule has 0 aliphatic rings. The van der Waals surface area contributed by atoms with Gasteiger partial charge in [0.2, 0.25) is 15.9 Å². The zero-order valence-corrected chi connectivity index (χ0v) is 13.1. The second-order valence-corrected chi connectivity index (χ2v) is 7.03. The Balaban J connectivity index is 2.59. The molecule has 0 spiro atoms. The number of nitrogens with one attached hydrogen (secondary N) is 3. The molecule has 0 aliphatic carbocycles. The summed E-state index contributed by atoms with van der Waals surface area (Å²) in [6.45, 7) is 1.71. The van der Waals surface area contributed by atoms with Crippen molar-refractivity contribution >= 4 is 27.7 Å². The van der Waals surface area contributed by atoms with Gasteiger partial charge >= 0.3 is 0 Å². The fourth-order valence-corrected chi connectivity index (χ4v) is 2.69. The van der Waals surface area contributed by atoms with Gasteiger partial charge in [0.15, 0.2) is 0 Å². The Morgan fingerprint density at radius 3 is 2.85 bits per heavy atom. The van der Waals surface area contributed by atoms with Crippen molar-refractivity contribution in [2.24, 2.45) is 0 Å². The molecule has 114 valence electrons. The topological polar surface area (TPSA) is 117 Å². The number of carbonyl (C=O) groups is 1. The van der Waals surface area contributed by atoms with Crippen LogP contribution >= 0.6 is 11.8 Å². The second kappa shape index (κ2) is 8.22. The molecule has 10 heteroatoms. The lowest BCUT2D eigenvalue weighted by Gasteiger charge is -2.17. The molecule has 1 aromatic heterocycles. The van der Waals surface area contributed by atoms with Crippen LogP contribution in [0.2, 0.25) is 0 Å². The Labute approximate surface area is 122 Å². The smallest absolute Gasteiger partial charge is 0.238 e. The highest BCUT2D eigenvalue weighted by atomic mass is 32.2. The molecule has 0 aliphatic heterocycles. The average molecular weight is 321 g/mol. The van der Waals surface area contributed by atoms with E-state index in [1.807, 2.05) is 6.26 Å². The molecule has 0 bridgehead atoms. The number of rotatable bonds is 9. The monoisotopic (exact) mass is 321 g/mol. The summed E-state index contributed by atoms with van der Waals surface area (Å²) < 4.78 is 25.6. The quantitative estimate of drug-likeness (QED) is 0.563. The Bertz CT molecular complexity index is 503. The van der Waals surface area contributed by atoms with Gasteiger partial charge in [-0.3, -0.25) is 9.89 Å². The Morgan fingerprint density at radius 2 is 2.30 bits per heavy atom. The number of H-pyrrole nitrogens is 1. The van der Waals surface area contributed by atoms with Crippen LogP contribution in [-0.2, 0) is 21.4 Å². The van der Waals surface area contributed by atoms with Gasteiger partial charge < -0.3 is 5.32 Å². The summed E-state index contributed by atoms with van der Waals surface area (Å²) in [6, 6.07) is -0.768. The van der Waals surface area contributed by atoms with Crippen LogP contribution in [0.5, 0.6) is 0 Å². The first-order valence-electron chi connectivity index (χ1n) is 6.09. The molecule has 1 atom stereocenters. The van der Waals surface area contributed by atoms with Gasteiger partial charge in [-0.2, -0.15) is 16.9 Å². The van der Waals surface area contributed by atoms with Crippen LogP contribution in [0.1, 0.15) is 19.2 Å². The summed E-state index contributed by atoms with van der Waals surface area (Å²) in [5.74, 6) is 0.776. The highest BCUT2D eigenvalue weighted by Crippen LogP contribution is 2.03. The fourth-order valence-electron chi connectivity index (χ4n) is 1.39. The van der Waals surface area contributed by atoms with E-state index in [-0.39, 0.29) is 18.2 Å². The van der Waals surface area contributed by atoms with Crippen molar-refractivity contribution in [1.82, 2.24) is 25.2 Å². The van der Waals surface area contributed by atoms with Crippen molar-refractivity contribution in [1.29, 1.82) is 0 Å². The minimum absolute atomic E-state index is 0.0574. The minimum atomic E-state index is -3.42. The zero-order chi connectivity index (χ0) is 15.0. The molecule has 1 rings (SSSR count). The predicted molar refractivity (Wildman–Crippen MR) is 77.6 cm³/mol. The molecule has 0 aromatic carbocycles. The summed E-state index contributed by atoms with van der Waals surface area (Å²) in [5, 5.41) is 8.91. The summed E-state index contributed by atoms with van der Waals surface area (Å²) in [5.41, 5.74) is 0. The van der Waals surface area contributed by atoms with Crippen LogP contribution in [-0.4, -0.2) is 53.3 Å². The van der Waals surface area contributed by atoms with Crippen LogP contribution in [0.4, 0.5) is 0 Å². The largest absolute Gasteiger partial charge is 0.347 e. The molecule has 1 amide bonds. The number of carbonyl (C=O) groups excluding carboxylic acids is 1. The normalized spacial score (nSPS) is 13.1. The SMILES string of the molecule is CCS(=O)(=O)NC(CCSC)C(=O)NCc1ncn[nH]1. The van der Waals surface area contributed by atoms with E-state index >= 15 is 0 Å². The highest BCUT2D eigenvalue weighted by molar-refractivity contribution is 7.98. The lowest BCUT2D eigenvalue weighted by atomic mass is 10.2. The van der Waals surface area contributed by atoms with Crippen LogP contribution in [0.25, 0.3) is 0 Å². The third-order valence-electron chi connectivity index (χ3n) is 2.52. The molecule has 0 radical (unpaired) electrons. The number of nitrogens with zero attached hydrogens (tertiary/aromatic N) is 2. The molecule has 0 fully saturated rings. The van der Waals surface area contributed by atoms with E-state index in [1.54, 1.807) is 11.8 Å². The number of hydrogen-bond donors (Lipinski definition) is 3. The first kappa shape index (κ1) is 16.9. The van der Waals surface area contributed by atoms with E-state index in [0.717, 1.165) is 0 Å². The predicted octanol–water partition coefficient (Wildman–Crippen LogP) is -0.518. The lowest BCUT2D eigenvalue weighted by molar-refractivity contribution is -0.122. The van der Waals surface area contributed by atoms with Crippen molar-refractivity contribution < 1.29 is 13.2 Å². The molecule has 0 saturated heterocycles. The van der Waals surface area contributed by atoms with Gasteiger partial charge in [-0.05, 0) is 25.4 Å². The standard InChI is InChI=1S/C10H19N5O3S2/c1-3-20(17,18)15-8(4-5-19-2)10(16)11-6-9-12-7-13-14-9/h7-8,15H,3-6H2,1-2H3,(H,11,16)(H,12,13,14). The van der Waals surface area contributed by atoms with Gasteiger partial charge in [0, 0.05) is 0 Å². The zero-order valence-electron chi connectivity index (χ0n) is 11.4. The maximum absolute atomic E-state index is 12.0. The Morgan fingerprint density at radius 1 is 1.55 bits per heavy atom. The van der Waals surface area contributed by atoms with Crippen LogP contribution in [0.3, 0.4) is 0 Å². The van der Waals surface area contributed by atoms with Crippen LogP contribution in [0, 0.1) is 0 Å². The van der Waals surface area contributed by atoms with E-state index < -0.39 is 16.1 Å². The maximum Gasteiger partial charge on any atom is 0.238 e. The van der Waals surface area contributed by atoms with E-state index in [1.165, 1.54) is 13.3 Å². The van der Waals surface area contributed by atoms with E-state index in [0.29, 0.717) is 18.0 Å². The Kier molecular flexibility index (Phi) is 6.96. The number of amides is 1. The van der Waals surface area contributed by atoms with E-state index in [9.17, 15) is 13.2 Å². The molecule has 0 saturated carbocycles. The van der Waals surface area contributed by atoms with Crippen molar-refractivity contribution in [3.8, 4) is 0 Å². The van der Waals surface area contributed by atoms with Gasteiger partial charge in [0.1, 0.15) is 18.2 Å². The molecule has 1 aromatic rings. The summed E-state index contributed by atoms with van der Waals surface area (Å²) in [6.07, 6.45) is 3.67. The van der Waals surface area contributed by atoms with Crippen molar-refractivity contribution in [2.45, 2.75) is 25.9 Å². The van der Waals surface area contributed by atoms with Gasteiger partial charge in [-0.1, -0.05) is 0 Å². The van der Waals surface area contributed by atoms with Crippen LogP contribution in [0.15, 0.2) is 6.33 Å². The van der Waals surface area contributed by atoms with Crippen LogP contribution < -0.4 is 10.0 Å². The van der Waals surface area contributed by atoms with Gasteiger partial charge in [-0.25, -0.2) is 18.1 Å². The summed E-state index contributed by atoms with van der Waals surface area (Å²) in [7, 11) is -3.42. The average Bonchev–Trinajstić information content (AvgIpc) is 2.94. The molecule has 1 unspecified atom stereocenters. The van der Waals surface area contributed by atoms with E-state index in [4.69, 9.17) is 0 Å². The number of thioether (sulfide) groups is 1. The molecule has 3 N–H and O–H groups in total. The molecule has 1 heterocycles. The minimum Gasteiger partial charge on any atom is -0.347 e. The molecule has 8 nitrogen and oxygen atoms in total. The van der Waals surface area contributed by atoms with Crippen molar-refractivity contribution in [3.63, 3.8) is 0 Å². The van der Waals surface area contributed by atoms with Crippen molar-refractivity contribution in [3.05, 3.63) is 12.2 Å². The van der Waals surface area contributed by atoms with Gasteiger partial charge in [0.25, 0.3) is 0 Å². The summed E-state index contributed by atoms with van der Waals surface area (Å²) in [4.78, 5) is 15.9. The number of aromatic nitrogens is 3. The van der Waals surface area contributed by atoms with Gasteiger partial charge in [0.05, 0.1) is 12.3 Å². The molecule has 20 heavy (non-hydrogen) atoms.